The summed E-state index contributed by atoms with van der Waals surface area (Å²) in [6.07, 6.45) is -0.0921. The van der Waals surface area contributed by atoms with Crippen LogP contribution in [-0.2, 0) is 27.4 Å². The van der Waals surface area contributed by atoms with Crippen molar-refractivity contribution in [3.63, 3.8) is 0 Å². The zero-order chi connectivity index (χ0) is 16.2. The summed E-state index contributed by atoms with van der Waals surface area (Å²) in [5, 5.41) is 13.6. The molecule has 22 heavy (non-hydrogen) atoms. The van der Waals surface area contributed by atoms with E-state index in [1.165, 1.54) is 0 Å². The van der Waals surface area contributed by atoms with Gasteiger partial charge in [0.25, 0.3) is 0 Å². The van der Waals surface area contributed by atoms with Gasteiger partial charge in [-0.3, -0.25) is 4.79 Å². The second kappa shape index (κ2) is 10.6. The van der Waals surface area contributed by atoms with Crippen molar-refractivity contribution in [3.8, 4) is 0 Å². The Kier molecular flexibility index (Phi) is 8.63. The van der Waals surface area contributed by atoms with E-state index in [2.05, 4.69) is 10.6 Å². The van der Waals surface area contributed by atoms with Gasteiger partial charge in [-0.2, -0.15) is 0 Å². The van der Waals surface area contributed by atoms with Gasteiger partial charge in [-0.05, 0) is 11.1 Å². The summed E-state index contributed by atoms with van der Waals surface area (Å²) in [4.78, 5) is 21.7. The highest BCUT2D eigenvalue weighted by atomic mass is 16.5. The van der Waals surface area contributed by atoms with E-state index in [0.29, 0.717) is 26.4 Å². The number of aliphatic carboxylic acids is 1. The number of rotatable bonds is 10. The maximum absolute atomic E-state index is 11.4. The molecule has 0 aliphatic heterocycles. The van der Waals surface area contributed by atoms with Crippen molar-refractivity contribution in [1.29, 1.82) is 0 Å². The lowest BCUT2D eigenvalue weighted by molar-refractivity contribution is -0.136. The number of benzene rings is 1. The van der Waals surface area contributed by atoms with E-state index in [4.69, 9.17) is 14.6 Å². The predicted octanol–water partition coefficient (Wildman–Crippen LogP) is 1.12. The molecule has 0 heterocycles. The van der Waals surface area contributed by atoms with Crippen LogP contribution in [0.3, 0.4) is 0 Å². The van der Waals surface area contributed by atoms with Crippen LogP contribution in [0.1, 0.15) is 17.5 Å². The first-order chi connectivity index (χ1) is 10.6. The van der Waals surface area contributed by atoms with Crippen molar-refractivity contribution in [2.75, 3.05) is 26.9 Å². The molecule has 0 atom stereocenters. The molecule has 0 fully saturated rings. The fourth-order valence-electron chi connectivity index (χ4n) is 1.61. The number of urea groups is 1. The van der Waals surface area contributed by atoms with E-state index in [1.807, 2.05) is 24.3 Å². The van der Waals surface area contributed by atoms with E-state index in [9.17, 15) is 9.59 Å². The number of nitrogens with one attached hydrogen (secondary N) is 2. The molecular weight excluding hydrogens is 288 g/mol. The zero-order valence-corrected chi connectivity index (χ0v) is 12.6. The molecule has 1 aromatic carbocycles. The van der Waals surface area contributed by atoms with Crippen LogP contribution < -0.4 is 10.6 Å². The van der Waals surface area contributed by atoms with E-state index in [1.54, 1.807) is 7.11 Å². The van der Waals surface area contributed by atoms with Crippen LogP contribution >= 0.6 is 0 Å². The number of carboxylic acid groups (broad SMARTS) is 1. The van der Waals surface area contributed by atoms with Gasteiger partial charge in [-0.15, -0.1) is 0 Å². The summed E-state index contributed by atoms with van der Waals surface area (Å²) < 4.78 is 10.3. The number of hydrogen-bond donors (Lipinski definition) is 3. The van der Waals surface area contributed by atoms with Gasteiger partial charge in [0.2, 0.25) is 0 Å². The molecule has 7 nitrogen and oxygen atoms in total. The molecule has 0 aliphatic carbocycles. The van der Waals surface area contributed by atoms with Gasteiger partial charge in [0.15, 0.2) is 0 Å². The maximum atomic E-state index is 11.4. The molecule has 122 valence electrons. The molecule has 0 saturated carbocycles. The molecule has 2 amide bonds. The minimum atomic E-state index is -0.941. The minimum Gasteiger partial charge on any atom is -0.481 e. The Morgan fingerprint density at radius 2 is 1.77 bits per heavy atom. The second-order valence-corrected chi connectivity index (χ2v) is 4.62. The molecular formula is C15H22N2O5. The van der Waals surface area contributed by atoms with Gasteiger partial charge in [-0.25, -0.2) is 4.79 Å². The highest BCUT2D eigenvalue weighted by molar-refractivity contribution is 5.74. The Labute approximate surface area is 129 Å². The molecule has 7 heteroatoms. The largest absolute Gasteiger partial charge is 0.481 e. The fraction of sp³-hybridized carbons (Fsp3) is 0.467. The van der Waals surface area contributed by atoms with Crippen LogP contribution in [0, 0.1) is 0 Å². The van der Waals surface area contributed by atoms with Gasteiger partial charge in [0.1, 0.15) is 0 Å². The van der Waals surface area contributed by atoms with E-state index in [-0.39, 0.29) is 19.0 Å². The van der Waals surface area contributed by atoms with Gasteiger partial charge < -0.3 is 25.2 Å². The van der Waals surface area contributed by atoms with E-state index in [0.717, 1.165) is 11.1 Å². The average Bonchev–Trinajstić information content (AvgIpc) is 2.50. The lowest BCUT2D eigenvalue weighted by Crippen LogP contribution is -2.36. The van der Waals surface area contributed by atoms with Crippen molar-refractivity contribution in [1.82, 2.24) is 10.6 Å². The summed E-state index contributed by atoms with van der Waals surface area (Å²) >= 11 is 0. The Hall–Kier alpha value is -2.12. The molecule has 0 bridgehead atoms. The number of carbonyl (C=O) groups excluding carboxylic acids is 1. The van der Waals surface area contributed by atoms with Crippen molar-refractivity contribution < 1.29 is 24.2 Å². The Morgan fingerprint density at radius 3 is 2.41 bits per heavy atom. The molecule has 0 aliphatic rings. The summed E-state index contributed by atoms with van der Waals surface area (Å²) in [6, 6.07) is 7.31. The number of methoxy groups -OCH3 is 1. The molecule has 3 N–H and O–H groups in total. The lowest BCUT2D eigenvalue weighted by atomic mass is 10.1. The maximum Gasteiger partial charge on any atom is 0.315 e. The van der Waals surface area contributed by atoms with Gasteiger partial charge in [0.05, 0.1) is 26.2 Å². The quantitative estimate of drug-likeness (QED) is 0.563. The normalized spacial score (nSPS) is 10.2. The fourth-order valence-corrected chi connectivity index (χ4v) is 1.61. The van der Waals surface area contributed by atoms with Crippen LogP contribution in [-0.4, -0.2) is 44.0 Å². The third-order valence-electron chi connectivity index (χ3n) is 2.80. The molecule has 0 saturated heterocycles. The third kappa shape index (κ3) is 8.23. The van der Waals surface area contributed by atoms with Crippen LogP contribution in [0.4, 0.5) is 4.79 Å². The Bertz CT molecular complexity index is 462. The number of hydrogen-bond acceptors (Lipinski definition) is 4. The van der Waals surface area contributed by atoms with Crippen molar-refractivity contribution in [2.45, 2.75) is 19.6 Å². The van der Waals surface area contributed by atoms with Crippen LogP contribution in [0.15, 0.2) is 24.3 Å². The van der Waals surface area contributed by atoms with Crippen molar-refractivity contribution in [3.05, 3.63) is 35.4 Å². The molecule has 0 aromatic heterocycles. The Balaban J connectivity index is 2.23. The molecule has 0 radical (unpaired) electrons. The Morgan fingerprint density at radius 1 is 1.09 bits per heavy atom. The molecule has 0 spiro atoms. The van der Waals surface area contributed by atoms with Crippen LogP contribution in [0.2, 0.25) is 0 Å². The van der Waals surface area contributed by atoms with Gasteiger partial charge in [0, 0.05) is 20.2 Å². The first-order valence-electron chi connectivity index (χ1n) is 7.00. The van der Waals surface area contributed by atoms with Gasteiger partial charge >= 0.3 is 12.0 Å². The first-order valence-corrected chi connectivity index (χ1v) is 7.00. The molecule has 0 unspecified atom stereocenters. The van der Waals surface area contributed by atoms with Crippen LogP contribution in [0.5, 0.6) is 0 Å². The lowest BCUT2D eigenvalue weighted by Gasteiger charge is -2.08. The molecule has 1 aromatic rings. The van der Waals surface area contributed by atoms with E-state index >= 15 is 0 Å². The van der Waals surface area contributed by atoms with Gasteiger partial charge in [-0.1, -0.05) is 24.3 Å². The number of carbonyl (C=O) groups is 2. The smallest absolute Gasteiger partial charge is 0.315 e. The highest BCUT2D eigenvalue weighted by Gasteiger charge is 2.02. The van der Waals surface area contributed by atoms with E-state index < -0.39 is 5.97 Å². The minimum absolute atomic E-state index is 0.0921. The van der Waals surface area contributed by atoms with Crippen LogP contribution in [0.25, 0.3) is 0 Å². The SMILES string of the molecule is COCCOCc1ccc(CNC(=O)NCCC(=O)O)cc1. The number of ether oxygens (including phenoxy) is 2. The zero-order valence-electron chi connectivity index (χ0n) is 12.6. The predicted molar refractivity (Wildman–Crippen MR) is 80.5 cm³/mol. The average molecular weight is 310 g/mol. The topological polar surface area (TPSA) is 96.9 Å². The summed E-state index contributed by atoms with van der Waals surface area (Å²) in [5.74, 6) is -0.941. The third-order valence-corrected chi connectivity index (χ3v) is 2.80. The summed E-state index contributed by atoms with van der Waals surface area (Å²) in [6.45, 7) is 2.13. The number of carboxylic acids is 1. The standard InChI is InChI=1S/C15H22N2O5/c1-21-8-9-22-11-13-4-2-12(3-5-13)10-17-15(20)16-7-6-14(18)19/h2-5H,6-11H2,1H3,(H,18,19)(H2,16,17,20). The molecule has 1 rings (SSSR count). The monoisotopic (exact) mass is 310 g/mol. The summed E-state index contributed by atoms with van der Waals surface area (Å²) in [7, 11) is 1.63. The highest BCUT2D eigenvalue weighted by Crippen LogP contribution is 2.05. The number of amides is 2. The van der Waals surface area contributed by atoms with Crippen molar-refractivity contribution >= 4 is 12.0 Å². The second-order valence-electron chi connectivity index (χ2n) is 4.62. The van der Waals surface area contributed by atoms with Crippen molar-refractivity contribution in [2.24, 2.45) is 0 Å². The summed E-state index contributed by atoms with van der Waals surface area (Å²) in [5.41, 5.74) is 2.00. The first kappa shape index (κ1) is 17.9.